The number of rotatable bonds is 6. The summed E-state index contributed by atoms with van der Waals surface area (Å²) in [5.41, 5.74) is 4.82. The largest absolute Gasteiger partial charge is 0.322 e. The molecule has 2 amide bonds. The SMILES string of the molecule is CCN(C(=O)c1ccc(NC(=O)c2ccc(-c3ccccc3)cc2)cc1)c1cccc2ccccc12. The van der Waals surface area contributed by atoms with Crippen molar-refractivity contribution in [2.24, 2.45) is 0 Å². The summed E-state index contributed by atoms with van der Waals surface area (Å²) in [7, 11) is 0. The molecule has 176 valence electrons. The Bertz CT molecular complexity index is 1500. The highest BCUT2D eigenvalue weighted by Gasteiger charge is 2.18. The molecule has 0 unspecified atom stereocenters. The second-order valence-corrected chi connectivity index (χ2v) is 8.52. The van der Waals surface area contributed by atoms with Crippen LogP contribution in [-0.4, -0.2) is 18.4 Å². The van der Waals surface area contributed by atoms with Crippen molar-refractivity contribution in [1.82, 2.24) is 0 Å². The Morgan fingerprint density at radius 3 is 1.97 bits per heavy atom. The minimum absolute atomic E-state index is 0.0803. The smallest absolute Gasteiger partial charge is 0.258 e. The first-order valence-corrected chi connectivity index (χ1v) is 12.0. The van der Waals surface area contributed by atoms with E-state index in [1.807, 2.05) is 104 Å². The molecule has 0 spiro atoms. The van der Waals surface area contributed by atoms with Gasteiger partial charge in [0.2, 0.25) is 0 Å². The fourth-order valence-corrected chi connectivity index (χ4v) is 4.37. The lowest BCUT2D eigenvalue weighted by molar-refractivity contribution is 0.0987. The van der Waals surface area contributed by atoms with Crippen LogP contribution in [0.2, 0.25) is 0 Å². The predicted octanol–water partition coefficient (Wildman–Crippen LogP) is 7.43. The Morgan fingerprint density at radius 1 is 0.639 bits per heavy atom. The molecule has 4 nitrogen and oxygen atoms in total. The van der Waals surface area contributed by atoms with Crippen LogP contribution in [0, 0.1) is 0 Å². The molecule has 0 saturated carbocycles. The molecule has 0 saturated heterocycles. The Balaban J connectivity index is 1.30. The van der Waals surface area contributed by atoms with E-state index in [4.69, 9.17) is 0 Å². The van der Waals surface area contributed by atoms with Gasteiger partial charge in [0.25, 0.3) is 11.8 Å². The van der Waals surface area contributed by atoms with Crippen molar-refractivity contribution in [3.63, 3.8) is 0 Å². The van der Waals surface area contributed by atoms with Crippen LogP contribution in [-0.2, 0) is 0 Å². The van der Waals surface area contributed by atoms with Crippen LogP contribution in [0.3, 0.4) is 0 Å². The highest BCUT2D eigenvalue weighted by Crippen LogP contribution is 2.28. The maximum Gasteiger partial charge on any atom is 0.258 e. The average molecular weight is 471 g/mol. The fourth-order valence-electron chi connectivity index (χ4n) is 4.37. The molecule has 0 bridgehead atoms. The van der Waals surface area contributed by atoms with Crippen molar-refractivity contribution in [3.8, 4) is 11.1 Å². The zero-order valence-corrected chi connectivity index (χ0v) is 20.0. The third-order valence-corrected chi connectivity index (χ3v) is 6.26. The summed E-state index contributed by atoms with van der Waals surface area (Å²) in [6.45, 7) is 2.52. The molecule has 1 N–H and O–H groups in total. The van der Waals surface area contributed by atoms with Crippen molar-refractivity contribution < 1.29 is 9.59 Å². The summed E-state index contributed by atoms with van der Waals surface area (Å²) in [5.74, 6) is -0.275. The zero-order valence-electron chi connectivity index (χ0n) is 20.0. The molecular weight excluding hydrogens is 444 g/mol. The number of carbonyl (C=O) groups is 2. The van der Waals surface area contributed by atoms with Gasteiger partial charge in [-0.25, -0.2) is 0 Å². The van der Waals surface area contributed by atoms with E-state index in [-0.39, 0.29) is 11.8 Å². The monoisotopic (exact) mass is 470 g/mol. The minimum atomic E-state index is -0.195. The molecule has 4 heteroatoms. The number of benzene rings is 5. The maximum absolute atomic E-state index is 13.4. The van der Waals surface area contributed by atoms with Crippen LogP contribution in [0.25, 0.3) is 21.9 Å². The first kappa shape index (κ1) is 23.1. The van der Waals surface area contributed by atoms with Crippen molar-refractivity contribution in [1.29, 1.82) is 0 Å². The molecule has 0 fully saturated rings. The lowest BCUT2D eigenvalue weighted by Gasteiger charge is -2.23. The number of amides is 2. The third-order valence-electron chi connectivity index (χ3n) is 6.26. The van der Waals surface area contributed by atoms with Gasteiger partial charge < -0.3 is 10.2 Å². The van der Waals surface area contributed by atoms with Crippen LogP contribution in [0.1, 0.15) is 27.6 Å². The Labute approximate surface area is 210 Å². The summed E-state index contributed by atoms with van der Waals surface area (Å²) < 4.78 is 0. The Kier molecular flexibility index (Phi) is 6.59. The molecule has 0 radical (unpaired) electrons. The Hall–Kier alpha value is -4.70. The summed E-state index contributed by atoms with van der Waals surface area (Å²) in [5, 5.41) is 5.05. The summed E-state index contributed by atoms with van der Waals surface area (Å²) in [6, 6.07) is 38.6. The molecule has 0 heterocycles. The molecule has 5 rings (SSSR count). The molecule has 0 aliphatic heterocycles. The summed E-state index contributed by atoms with van der Waals surface area (Å²) in [4.78, 5) is 27.9. The lowest BCUT2D eigenvalue weighted by Crippen LogP contribution is -2.30. The van der Waals surface area contributed by atoms with Gasteiger partial charge in [0, 0.05) is 28.7 Å². The Morgan fingerprint density at radius 2 is 1.25 bits per heavy atom. The quantitative estimate of drug-likeness (QED) is 0.281. The average Bonchev–Trinajstić information content (AvgIpc) is 2.94. The van der Waals surface area contributed by atoms with E-state index in [1.165, 1.54) is 0 Å². The van der Waals surface area contributed by atoms with E-state index in [2.05, 4.69) is 5.32 Å². The van der Waals surface area contributed by atoms with Crippen LogP contribution >= 0.6 is 0 Å². The molecule has 0 atom stereocenters. The molecular formula is C32H26N2O2. The van der Waals surface area contributed by atoms with Crippen LogP contribution < -0.4 is 10.2 Å². The van der Waals surface area contributed by atoms with Gasteiger partial charge in [-0.2, -0.15) is 0 Å². The van der Waals surface area contributed by atoms with Gasteiger partial charge >= 0.3 is 0 Å². The summed E-state index contributed by atoms with van der Waals surface area (Å²) >= 11 is 0. The fraction of sp³-hybridized carbons (Fsp3) is 0.0625. The van der Waals surface area contributed by atoms with Gasteiger partial charge in [-0.15, -0.1) is 0 Å². The molecule has 5 aromatic carbocycles. The molecule has 0 aliphatic rings. The number of nitrogens with zero attached hydrogens (tertiary/aromatic N) is 1. The van der Waals surface area contributed by atoms with Gasteiger partial charge in [-0.3, -0.25) is 9.59 Å². The van der Waals surface area contributed by atoms with Crippen LogP contribution in [0.4, 0.5) is 11.4 Å². The van der Waals surface area contributed by atoms with E-state index >= 15 is 0 Å². The minimum Gasteiger partial charge on any atom is -0.322 e. The molecule has 0 aliphatic carbocycles. The van der Waals surface area contributed by atoms with E-state index in [0.29, 0.717) is 23.4 Å². The molecule has 36 heavy (non-hydrogen) atoms. The van der Waals surface area contributed by atoms with Crippen molar-refractivity contribution in [2.75, 3.05) is 16.8 Å². The van der Waals surface area contributed by atoms with Gasteiger partial charge in [-0.1, -0.05) is 78.9 Å². The van der Waals surface area contributed by atoms with E-state index in [0.717, 1.165) is 27.6 Å². The second-order valence-electron chi connectivity index (χ2n) is 8.52. The van der Waals surface area contributed by atoms with Gasteiger partial charge in [0.1, 0.15) is 0 Å². The van der Waals surface area contributed by atoms with E-state index < -0.39 is 0 Å². The normalized spacial score (nSPS) is 10.7. The number of fused-ring (bicyclic) bond motifs is 1. The van der Waals surface area contributed by atoms with Gasteiger partial charge in [0.05, 0.1) is 5.69 Å². The number of hydrogen-bond donors (Lipinski definition) is 1. The van der Waals surface area contributed by atoms with E-state index in [1.54, 1.807) is 29.2 Å². The van der Waals surface area contributed by atoms with E-state index in [9.17, 15) is 9.59 Å². The van der Waals surface area contributed by atoms with Crippen molar-refractivity contribution in [2.45, 2.75) is 6.92 Å². The highest BCUT2D eigenvalue weighted by molar-refractivity contribution is 6.11. The zero-order chi connectivity index (χ0) is 24.9. The van der Waals surface area contributed by atoms with Gasteiger partial charge in [-0.05, 0) is 65.9 Å². The standard InChI is InChI=1S/C32H26N2O2/c1-2-34(30-14-8-12-25-11-6-7-13-29(25)30)32(36)27-19-21-28(22-20-27)33-31(35)26-17-15-24(16-18-26)23-9-4-3-5-10-23/h3-22H,2H2,1H3,(H,33,35). The predicted molar refractivity (Wildman–Crippen MR) is 148 cm³/mol. The maximum atomic E-state index is 13.4. The first-order chi connectivity index (χ1) is 17.6. The number of anilines is 2. The number of hydrogen-bond acceptors (Lipinski definition) is 2. The van der Waals surface area contributed by atoms with Crippen molar-refractivity contribution >= 4 is 34.0 Å². The number of carbonyl (C=O) groups excluding carboxylic acids is 2. The van der Waals surface area contributed by atoms with Crippen molar-refractivity contribution in [3.05, 3.63) is 132 Å². The highest BCUT2D eigenvalue weighted by atomic mass is 16.2. The lowest BCUT2D eigenvalue weighted by atomic mass is 10.0. The first-order valence-electron chi connectivity index (χ1n) is 12.0. The third kappa shape index (κ3) is 4.75. The number of nitrogens with one attached hydrogen (secondary N) is 1. The van der Waals surface area contributed by atoms with Gasteiger partial charge in [0.15, 0.2) is 0 Å². The summed E-state index contributed by atoms with van der Waals surface area (Å²) in [6.07, 6.45) is 0. The van der Waals surface area contributed by atoms with Crippen LogP contribution in [0.15, 0.2) is 121 Å². The second kappa shape index (κ2) is 10.3. The molecule has 5 aromatic rings. The topological polar surface area (TPSA) is 49.4 Å². The van der Waals surface area contributed by atoms with Crippen LogP contribution in [0.5, 0.6) is 0 Å². The molecule has 0 aromatic heterocycles.